The van der Waals surface area contributed by atoms with Crippen molar-refractivity contribution in [2.45, 2.75) is 20.3 Å². The van der Waals surface area contributed by atoms with E-state index in [0.717, 1.165) is 6.08 Å². The normalized spacial score (nSPS) is 8.40. The van der Waals surface area contributed by atoms with Crippen LogP contribution in [0.2, 0.25) is 0 Å². The van der Waals surface area contributed by atoms with Crippen LogP contribution in [0.25, 0.3) is 0 Å². The van der Waals surface area contributed by atoms with Crippen molar-refractivity contribution in [3.8, 4) is 0 Å². The number of aliphatic carboxylic acids is 2. The van der Waals surface area contributed by atoms with Crippen LogP contribution in [0.3, 0.4) is 0 Å². The molecule has 0 saturated carbocycles. The minimum Gasteiger partial charge on any atom is -0.550 e. The van der Waals surface area contributed by atoms with Crippen molar-refractivity contribution in [3.05, 3.63) is 24.3 Å². The molecule has 0 atom stereocenters. The fraction of sp³-hybridized carbons (Fsp3) is 0.333. The second-order valence-corrected chi connectivity index (χ2v) is 1.93. The minimum absolute atomic E-state index is 0. The molecule has 0 fully saturated rings. The van der Waals surface area contributed by atoms with Gasteiger partial charge in [-0.1, -0.05) is 25.2 Å². The molecule has 0 heterocycles. The molecule has 0 aromatic heterocycles. The Labute approximate surface area is 155 Å². The molecule has 0 aliphatic heterocycles. The number of carboxylic acid groups (broad SMARTS) is 2. The summed E-state index contributed by atoms with van der Waals surface area (Å²) in [5, 5.41) is 18.9. The fourth-order valence-electron chi connectivity index (χ4n) is 0.245. The van der Waals surface area contributed by atoms with E-state index in [-0.39, 0.29) is 87.4 Å². The fourth-order valence-corrected chi connectivity index (χ4v) is 0.245. The molecule has 6 heteroatoms. The average molecular weight is 246 g/mol. The van der Waals surface area contributed by atoms with Gasteiger partial charge in [0.15, 0.2) is 0 Å². The van der Waals surface area contributed by atoms with Gasteiger partial charge in [0.05, 0.1) is 5.97 Å². The summed E-state index contributed by atoms with van der Waals surface area (Å²) in [6, 6.07) is 0. The Hall–Kier alpha value is 1.06. The van der Waals surface area contributed by atoms with E-state index in [1.54, 1.807) is 19.1 Å². The predicted molar refractivity (Wildman–Crippen MR) is 44.3 cm³/mol. The topological polar surface area (TPSA) is 80.3 Å². The van der Waals surface area contributed by atoms with Crippen LogP contribution in [0.15, 0.2) is 24.3 Å². The van der Waals surface area contributed by atoms with Crippen LogP contribution in [0.1, 0.15) is 20.3 Å². The Morgan fingerprint density at radius 3 is 1.80 bits per heavy atom. The molecule has 74 valence electrons. The third kappa shape index (κ3) is 39.5. The maximum Gasteiger partial charge on any atom is 1.00 e. The summed E-state index contributed by atoms with van der Waals surface area (Å²) >= 11 is 0. The molecule has 0 bridgehead atoms. The summed E-state index contributed by atoms with van der Waals surface area (Å²) in [7, 11) is 0. The Morgan fingerprint density at radius 1 is 1.20 bits per heavy atom. The van der Waals surface area contributed by atoms with Gasteiger partial charge in [-0.25, -0.2) is 0 Å². The Morgan fingerprint density at radius 2 is 1.60 bits per heavy atom. The number of carbonyl (C=O) groups excluding carboxylic acids is 2. The summed E-state index contributed by atoms with van der Waals surface area (Å²) in [4.78, 5) is 18.9. The van der Waals surface area contributed by atoms with Crippen molar-refractivity contribution >= 4 is 11.9 Å². The molecule has 0 spiro atoms. The summed E-state index contributed by atoms with van der Waals surface area (Å²) in [6.45, 7) is 3.34. The number of allylic oxidation sites excluding steroid dienone is 3. The average Bonchev–Trinajstić information content (AvgIpc) is 2.05. The number of carboxylic acids is 2. The van der Waals surface area contributed by atoms with E-state index >= 15 is 0 Å². The Kier molecular flexibility index (Phi) is 34.2. The third-order valence-electron chi connectivity index (χ3n) is 0.825. The molecule has 4 nitrogen and oxygen atoms in total. The molecule has 0 amide bonds. The van der Waals surface area contributed by atoms with Crippen LogP contribution in [-0.2, 0) is 9.59 Å². The van der Waals surface area contributed by atoms with Crippen molar-refractivity contribution in [1.29, 1.82) is 0 Å². The van der Waals surface area contributed by atoms with E-state index in [0.29, 0.717) is 0 Å². The van der Waals surface area contributed by atoms with E-state index in [9.17, 15) is 19.8 Å². The van der Waals surface area contributed by atoms with E-state index in [4.69, 9.17) is 0 Å². The zero-order valence-corrected chi connectivity index (χ0v) is 14.8. The summed E-state index contributed by atoms with van der Waals surface area (Å²) in [5.41, 5.74) is 0. The van der Waals surface area contributed by atoms with Crippen LogP contribution in [0.5, 0.6) is 0 Å². The molecule has 0 aromatic carbocycles. The number of hydrogen-bond donors (Lipinski definition) is 0. The van der Waals surface area contributed by atoms with Gasteiger partial charge in [0.25, 0.3) is 0 Å². The maximum absolute atomic E-state index is 9.64. The quantitative estimate of drug-likeness (QED) is 0.281. The Bertz CT molecular complexity index is 214. The summed E-state index contributed by atoms with van der Waals surface area (Å²) in [5.74, 6) is -2.16. The maximum atomic E-state index is 9.64. The van der Waals surface area contributed by atoms with Gasteiger partial charge in [-0.05, 0) is 19.4 Å². The largest absolute Gasteiger partial charge is 1.00 e. The zero-order chi connectivity index (χ0) is 10.7. The third-order valence-corrected chi connectivity index (χ3v) is 0.825. The van der Waals surface area contributed by atoms with Gasteiger partial charge in [-0.3, -0.25) is 0 Å². The summed E-state index contributed by atoms with van der Waals surface area (Å²) in [6.07, 6.45) is 5.85. The van der Waals surface area contributed by atoms with Gasteiger partial charge in [0.1, 0.15) is 0 Å². The number of carbonyl (C=O) groups is 2. The smallest absolute Gasteiger partial charge is 0.550 e. The number of hydrogen-bond acceptors (Lipinski definition) is 4. The van der Waals surface area contributed by atoms with E-state index in [2.05, 4.69) is 0 Å². The second-order valence-electron chi connectivity index (χ2n) is 1.93. The molecule has 15 heavy (non-hydrogen) atoms. The first kappa shape index (κ1) is 25.0. The van der Waals surface area contributed by atoms with Crippen molar-refractivity contribution < 1.29 is 101 Å². The molecule has 0 radical (unpaired) electrons. The number of rotatable bonds is 3. The second kappa shape index (κ2) is 20.5. The molecule has 0 N–H and O–H groups in total. The standard InChI is InChI=1S/C6H8O2.C3H6O2.K.Na/c1-2-3-4-5-6(7)8;1-2-3(4)5;;/h2-5H,1H3,(H,7,8);2H2,1H3,(H,4,5);;/q;;2*+1/p-2/b3-2+,5-4+;;;. The predicted octanol–water partition coefficient (Wildman–Crippen LogP) is -6.98. The zero-order valence-electron chi connectivity index (χ0n) is 9.65. The molecular weight excluding hydrogens is 234 g/mol. The van der Waals surface area contributed by atoms with Crippen molar-refractivity contribution in [1.82, 2.24) is 0 Å². The molecule has 0 aromatic rings. The SMILES string of the molecule is C/C=C/C=C/C(=O)[O-].CCC(=O)[O-].[K+].[Na+]. The minimum atomic E-state index is -1.16. The van der Waals surface area contributed by atoms with Gasteiger partial charge in [0.2, 0.25) is 0 Å². The molecule has 0 aliphatic carbocycles. The van der Waals surface area contributed by atoms with Crippen molar-refractivity contribution in [3.63, 3.8) is 0 Å². The van der Waals surface area contributed by atoms with Crippen LogP contribution >= 0.6 is 0 Å². The molecule has 0 rings (SSSR count). The molecule has 0 aliphatic rings. The molecule has 0 saturated heterocycles. The van der Waals surface area contributed by atoms with Crippen LogP contribution in [0, 0.1) is 0 Å². The Balaban J connectivity index is -0.0000000770. The first-order chi connectivity index (χ1) is 6.04. The van der Waals surface area contributed by atoms with Crippen molar-refractivity contribution in [2.75, 3.05) is 0 Å². The monoisotopic (exact) mass is 246 g/mol. The van der Waals surface area contributed by atoms with E-state index < -0.39 is 11.9 Å². The molecular formula is C9H12KNaO4. The first-order valence-corrected chi connectivity index (χ1v) is 3.74. The van der Waals surface area contributed by atoms with Crippen LogP contribution in [-0.4, -0.2) is 11.9 Å². The van der Waals surface area contributed by atoms with Gasteiger partial charge in [0, 0.05) is 5.97 Å². The van der Waals surface area contributed by atoms with Crippen LogP contribution < -0.4 is 91.2 Å². The van der Waals surface area contributed by atoms with Gasteiger partial charge >= 0.3 is 80.9 Å². The molecule has 0 unspecified atom stereocenters. The van der Waals surface area contributed by atoms with E-state index in [1.807, 2.05) is 0 Å². The first-order valence-electron chi connectivity index (χ1n) is 3.74. The van der Waals surface area contributed by atoms with Gasteiger partial charge in [-0.2, -0.15) is 0 Å². The van der Waals surface area contributed by atoms with E-state index in [1.165, 1.54) is 13.0 Å². The van der Waals surface area contributed by atoms with Gasteiger partial charge in [-0.15, -0.1) is 0 Å². The van der Waals surface area contributed by atoms with Crippen LogP contribution in [0.4, 0.5) is 0 Å². The van der Waals surface area contributed by atoms with Crippen molar-refractivity contribution in [2.24, 2.45) is 0 Å². The van der Waals surface area contributed by atoms with Gasteiger partial charge < -0.3 is 19.8 Å². The summed E-state index contributed by atoms with van der Waals surface area (Å²) < 4.78 is 0.